The summed E-state index contributed by atoms with van der Waals surface area (Å²) in [5, 5.41) is 15.9. The Morgan fingerprint density at radius 3 is 2.51 bits per heavy atom. The molecule has 0 spiro atoms. The van der Waals surface area contributed by atoms with Gasteiger partial charge in [-0.3, -0.25) is 14.7 Å². The number of aliphatic imine (C=N–C) groups is 1. The van der Waals surface area contributed by atoms with Crippen molar-refractivity contribution in [2.75, 3.05) is 11.9 Å². The molecule has 240 valence electrons. The Balaban J connectivity index is 1.36. The lowest BCUT2D eigenvalue weighted by Gasteiger charge is -2.34. The molecule has 5 aromatic rings. The molecule has 1 fully saturated rings. The average molecular weight is 688 g/mol. The fourth-order valence-electron chi connectivity index (χ4n) is 6.21. The highest BCUT2D eigenvalue weighted by Gasteiger charge is 2.43. The smallest absolute Gasteiger partial charge is 0.328 e. The van der Waals surface area contributed by atoms with Crippen molar-refractivity contribution in [2.45, 2.75) is 44.3 Å². The van der Waals surface area contributed by atoms with E-state index in [2.05, 4.69) is 15.2 Å². The largest absolute Gasteiger partial charge is 0.480 e. The summed E-state index contributed by atoms with van der Waals surface area (Å²) in [4.78, 5) is 37.1. The normalized spacial score (nSPS) is 17.6. The number of para-hydroxylation sites is 1. The number of carboxylic acid groups (broad SMARTS) is 1. The molecule has 1 saturated heterocycles. The van der Waals surface area contributed by atoms with Crippen LogP contribution < -0.4 is 5.32 Å². The molecule has 1 aliphatic rings. The predicted octanol–water partition coefficient (Wildman–Crippen LogP) is 8.65. The number of halogens is 3. The van der Waals surface area contributed by atoms with Crippen LogP contribution in [0.1, 0.15) is 42.0 Å². The van der Waals surface area contributed by atoms with Crippen LogP contribution in [0, 0.1) is 0 Å². The first-order valence-electron chi connectivity index (χ1n) is 15.3. The van der Waals surface area contributed by atoms with Crippen LogP contribution in [0.2, 0.25) is 15.1 Å². The van der Waals surface area contributed by atoms with Crippen molar-refractivity contribution in [3.63, 3.8) is 0 Å². The molecule has 1 aliphatic heterocycles. The lowest BCUT2D eigenvalue weighted by Crippen LogP contribution is -2.50. The fraction of sp³-hybridized carbons (Fsp3) is 0.216. The number of H-pyrrole nitrogens is 1. The number of amides is 1. The molecule has 2 heterocycles. The summed E-state index contributed by atoms with van der Waals surface area (Å²) in [5.74, 6) is -1.24. The molecule has 1 aromatic heterocycles. The van der Waals surface area contributed by atoms with Crippen molar-refractivity contribution >= 4 is 69.0 Å². The molecule has 1 amide bonds. The van der Waals surface area contributed by atoms with Crippen LogP contribution in [0.4, 0.5) is 5.69 Å². The SMILES string of the molecule is C[C@@]1(C(=O)Nc2ccc(Cl)cc2C(=N[C@H](Cc2c[nH]c3ccccc23)C(=O)O)c2ccccc2)CCCN1Cc1ccc(Cl)c(Cl)c1. The molecule has 0 radical (unpaired) electrons. The van der Waals surface area contributed by atoms with Gasteiger partial charge in [-0.05, 0) is 73.8 Å². The maximum atomic E-state index is 14.2. The van der Waals surface area contributed by atoms with Gasteiger partial charge in [0.2, 0.25) is 5.91 Å². The number of carbonyl (C=O) groups is 2. The second kappa shape index (κ2) is 13.9. The number of fused-ring (bicyclic) bond motifs is 1. The van der Waals surface area contributed by atoms with E-state index in [1.807, 2.05) is 79.9 Å². The zero-order valence-corrected chi connectivity index (χ0v) is 27.9. The van der Waals surface area contributed by atoms with Gasteiger partial charge in [0.1, 0.15) is 0 Å². The summed E-state index contributed by atoms with van der Waals surface area (Å²) >= 11 is 19.0. The first-order valence-corrected chi connectivity index (χ1v) is 16.5. The van der Waals surface area contributed by atoms with Crippen LogP contribution in [0.5, 0.6) is 0 Å². The molecular formula is C37H33Cl3N4O3. The Kier molecular flexibility index (Phi) is 9.71. The van der Waals surface area contributed by atoms with Gasteiger partial charge in [0.05, 0.1) is 27.0 Å². The van der Waals surface area contributed by atoms with Crippen molar-refractivity contribution in [2.24, 2.45) is 4.99 Å². The van der Waals surface area contributed by atoms with Crippen LogP contribution in [0.3, 0.4) is 0 Å². The molecule has 47 heavy (non-hydrogen) atoms. The van der Waals surface area contributed by atoms with Crippen molar-refractivity contribution in [1.29, 1.82) is 0 Å². The number of rotatable bonds is 10. The molecule has 4 aromatic carbocycles. The lowest BCUT2D eigenvalue weighted by molar-refractivity contribution is -0.138. The van der Waals surface area contributed by atoms with Gasteiger partial charge in [-0.25, -0.2) is 4.79 Å². The first kappa shape index (κ1) is 32.8. The second-order valence-corrected chi connectivity index (χ2v) is 13.2. The van der Waals surface area contributed by atoms with Crippen molar-refractivity contribution < 1.29 is 14.7 Å². The van der Waals surface area contributed by atoms with E-state index in [1.165, 1.54) is 0 Å². The van der Waals surface area contributed by atoms with Gasteiger partial charge in [-0.1, -0.05) is 89.4 Å². The highest BCUT2D eigenvalue weighted by molar-refractivity contribution is 6.42. The Bertz CT molecular complexity index is 1980. The third-order valence-electron chi connectivity index (χ3n) is 8.83. The molecule has 0 aliphatic carbocycles. The van der Waals surface area contributed by atoms with Crippen molar-refractivity contribution in [3.8, 4) is 0 Å². The van der Waals surface area contributed by atoms with Crippen molar-refractivity contribution in [1.82, 2.24) is 9.88 Å². The number of aromatic amines is 1. The van der Waals surface area contributed by atoms with Gasteiger partial charge in [0.25, 0.3) is 0 Å². The van der Waals surface area contributed by atoms with E-state index in [-0.39, 0.29) is 12.3 Å². The highest BCUT2D eigenvalue weighted by Crippen LogP contribution is 2.34. The number of benzene rings is 4. The minimum Gasteiger partial charge on any atom is -0.480 e. The Hall–Kier alpha value is -4.14. The molecule has 2 atom stereocenters. The van der Waals surface area contributed by atoms with Gasteiger partial charge in [0.15, 0.2) is 6.04 Å². The van der Waals surface area contributed by atoms with E-state index in [0.29, 0.717) is 50.6 Å². The van der Waals surface area contributed by atoms with E-state index < -0.39 is 17.6 Å². The van der Waals surface area contributed by atoms with Gasteiger partial charge < -0.3 is 15.4 Å². The third-order valence-corrected chi connectivity index (χ3v) is 9.80. The number of likely N-dealkylation sites (tertiary alicyclic amines) is 1. The maximum Gasteiger partial charge on any atom is 0.328 e. The number of hydrogen-bond donors (Lipinski definition) is 3. The maximum absolute atomic E-state index is 14.2. The molecule has 0 unspecified atom stereocenters. The minimum absolute atomic E-state index is 0.166. The third kappa shape index (κ3) is 7.09. The molecule has 6 rings (SSSR count). The zero-order chi connectivity index (χ0) is 33.1. The van der Waals surface area contributed by atoms with E-state index in [1.54, 1.807) is 24.3 Å². The van der Waals surface area contributed by atoms with Crippen LogP contribution in [0.15, 0.2) is 102 Å². The fourth-order valence-corrected chi connectivity index (χ4v) is 6.71. The van der Waals surface area contributed by atoms with E-state index in [4.69, 9.17) is 39.8 Å². The molecule has 7 nitrogen and oxygen atoms in total. The molecular weight excluding hydrogens is 655 g/mol. The van der Waals surface area contributed by atoms with Crippen LogP contribution in [-0.4, -0.2) is 50.7 Å². The average Bonchev–Trinajstić information content (AvgIpc) is 3.65. The van der Waals surface area contributed by atoms with Gasteiger partial charge >= 0.3 is 5.97 Å². The molecule has 10 heteroatoms. The topological polar surface area (TPSA) is 97.8 Å². The lowest BCUT2D eigenvalue weighted by atomic mass is 9.95. The molecule has 0 bridgehead atoms. The Morgan fingerprint density at radius 2 is 1.74 bits per heavy atom. The summed E-state index contributed by atoms with van der Waals surface area (Å²) in [7, 11) is 0. The van der Waals surface area contributed by atoms with Gasteiger partial charge in [-0.15, -0.1) is 0 Å². The number of carbonyl (C=O) groups excluding carboxylic acids is 1. The number of anilines is 1. The van der Waals surface area contributed by atoms with Gasteiger partial charge in [0, 0.05) is 46.2 Å². The predicted molar refractivity (Wildman–Crippen MR) is 190 cm³/mol. The van der Waals surface area contributed by atoms with E-state index in [9.17, 15) is 14.7 Å². The summed E-state index contributed by atoms with van der Waals surface area (Å²) in [6.07, 6.45) is 3.51. The summed E-state index contributed by atoms with van der Waals surface area (Å²) < 4.78 is 0. The van der Waals surface area contributed by atoms with Crippen LogP contribution in [0.25, 0.3) is 10.9 Å². The molecule has 3 N–H and O–H groups in total. The minimum atomic E-state index is -1.11. The second-order valence-electron chi connectivity index (χ2n) is 12.0. The zero-order valence-electron chi connectivity index (χ0n) is 25.6. The Labute approximate surface area is 288 Å². The monoisotopic (exact) mass is 686 g/mol. The van der Waals surface area contributed by atoms with Crippen molar-refractivity contribution in [3.05, 3.63) is 135 Å². The standard InChI is InChI=1S/C37H33Cl3N4O3/c1-37(16-7-17-44(37)22-23-12-14-29(39)30(40)18-23)36(47)43-32-15-13-26(38)20-28(32)34(24-8-3-2-4-9-24)42-33(35(45)46)19-25-21-41-31-11-6-5-10-27(25)31/h2-6,8-15,18,20-21,33,41H,7,16-17,19,22H2,1H3,(H,43,47)(H,45,46)/t33-,37+/m1/s1. The van der Waals surface area contributed by atoms with Gasteiger partial charge in [-0.2, -0.15) is 0 Å². The quantitative estimate of drug-likeness (QED) is 0.128. The summed E-state index contributed by atoms with van der Waals surface area (Å²) in [6.45, 7) is 3.21. The number of carboxylic acids is 1. The van der Waals surface area contributed by atoms with E-state index >= 15 is 0 Å². The number of nitrogens with one attached hydrogen (secondary N) is 2. The Morgan fingerprint density at radius 1 is 0.979 bits per heavy atom. The number of hydrogen-bond acceptors (Lipinski definition) is 4. The molecule has 0 saturated carbocycles. The van der Waals surface area contributed by atoms with E-state index in [0.717, 1.165) is 35.0 Å². The van der Waals surface area contributed by atoms with Crippen LogP contribution >= 0.6 is 34.8 Å². The first-order chi connectivity index (χ1) is 22.6. The number of aromatic nitrogens is 1. The summed E-state index contributed by atoms with van der Waals surface area (Å²) in [6, 6.07) is 26.7. The number of nitrogens with zero attached hydrogens (tertiary/aromatic N) is 2. The van der Waals surface area contributed by atoms with Crippen LogP contribution in [-0.2, 0) is 22.6 Å². The number of aliphatic carboxylic acids is 1. The highest BCUT2D eigenvalue weighted by atomic mass is 35.5. The summed E-state index contributed by atoms with van der Waals surface area (Å²) in [5.41, 5.74) is 4.05.